The standard InChI is InChI=1S/C14H14N3O/c1-17(2)14(18)13-11(6-3-7-12(13)15)10-5-4-8-16-9-10/h3-8H,15H2,1-2H3. The first-order chi connectivity index (χ1) is 8.61. The molecule has 0 bridgehead atoms. The first-order valence-corrected chi connectivity index (χ1v) is 5.54. The Hall–Kier alpha value is -2.36. The summed E-state index contributed by atoms with van der Waals surface area (Å²) in [5.74, 6) is -0.125. The molecule has 0 aliphatic heterocycles. The lowest BCUT2D eigenvalue weighted by Crippen LogP contribution is -2.23. The highest BCUT2D eigenvalue weighted by atomic mass is 16.2. The van der Waals surface area contributed by atoms with E-state index in [1.54, 1.807) is 32.4 Å². The van der Waals surface area contributed by atoms with Gasteiger partial charge in [0.15, 0.2) is 0 Å². The van der Waals surface area contributed by atoms with E-state index in [0.29, 0.717) is 11.3 Å². The van der Waals surface area contributed by atoms with Crippen molar-refractivity contribution in [3.63, 3.8) is 0 Å². The summed E-state index contributed by atoms with van der Waals surface area (Å²) in [6.45, 7) is 0. The predicted octanol–water partition coefficient (Wildman–Crippen LogP) is 1.83. The molecule has 2 N–H and O–H groups in total. The van der Waals surface area contributed by atoms with Crippen LogP contribution < -0.4 is 5.73 Å². The summed E-state index contributed by atoms with van der Waals surface area (Å²) in [6, 6.07) is 9.04. The van der Waals surface area contributed by atoms with Crippen LogP contribution in [-0.2, 0) is 0 Å². The highest BCUT2D eigenvalue weighted by molar-refractivity contribution is 6.05. The second-order valence-corrected chi connectivity index (χ2v) is 4.13. The SMILES string of the molecule is CN(C)C(=O)c1c(N)cccc1-c1[c]nccc1. The Balaban J connectivity index is 2.62. The summed E-state index contributed by atoms with van der Waals surface area (Å²) < 4.78 is 0. The molecule has 0 saturated carbocycles. The van der Waals surface area contributed by atoms with Crippen LogP contribution in [0.25, 0.3) is 11.1 Å². The van der Waals surface area contributed by atoms with Gasteiger partial charge in [0.2, 0.25) is 0 Å². The van der Waals surface area contributed by atoms with Gasteiger partial charge in [0.25, 0.3) is 5.91 Å². The lowest BCUT2D eigenvalue weighted by atomic mass is 9.98. The predicted molar refractivity (Wildman–Crippen MR) is 70.9 cm³/mol. The number of benzene rings is 1. The minimum atomic E-state index is -0.125. The average Bonchev–Trinajstić information content (AvgIpc) is 2.38. The van der Waals surface area contributed by atoms with Gasteiger partial charge in [0.05, 0.1) is 11.8 Å². The number of carbonyl (C=O) groups is 1. The third kappa shape index (κ3) is 2.18. The van der Waals surface area contributed by atoms with Crippen LogP contribution >= 0.6 is 0 Å². The van der Waals surface area contributed by atoms with Crippen molar-refractivity contribution in [3.8, 4) is 11.1 Å². The molecule has 0 spiro atoms. The third-order valence-corrected chi connectivity index (χ3v) is 2.62. The Morgan fingerprint density at radius 1 is 1.28 bits per heavy atom. The fourth-order valence-electron chi connectivity index (χ4n) is 1.73. The van der Waals surface area contributed by atoms with E-state index in [1.807, 2.05) is 18.2 Å². The first kappa shape index (κ1) is 12.1. The summed E-state index contributed by atoms with van der Waals surface area (Å²) in [4.78, 5) is 17.6. The van der Waals surface area contributed by atoms with Crippen molar-refractivity contribution in [2.24, 2.45) is 0 Å². The molecule has 0 aliphatic carbocycles. The van der Waals surface area contributed by atoms with Crippen molar-refractivity contribution in [1.29, 1.82) is 0 Å². The van der Waals surface area contributed by atoms with Crippen LogP contribution in [0.3, 0.4) is 0 Å². The molecule has 0 saturated heterocycles. The summed E-state index contributed by atoms with van der Waals surface area (Å²) in [5, 5.41) is 0. The van der Waals surface area contributed by atoms with Gasteiger partial charge in [0, 0.05) is 31.5 Å². The Bertz CT molecular complexity index is 565. The number of rotatable bonds is 2. The highest BCUT2D eigenvalue weighted by Crippen LogP contribution is 2.27. The van der Waals surface area contributed by atoms with Crippen LogP contribution in [0, 0.1) is 6.20 Å². The number of hydrogen-bond donors (Lipinski definition) is 1. The van der Waals surface area contributed by atoms with Gasteiger partial charge in [-0.05, 0) is 17.7 Å². The third-order valence-electron chi connectivity index (χ3n) is 2.62. The largest absolute Gasteiger partial charge is 0.398 e. The van der Waals surface area contributed by atoms with E-state index in [1.165, 1.54) is 4.90 Å². The van der Waals surface area contributed by atoms with Gasteiger partial charge >= 0.3 is 0 Å². The van der Waals surface area contributed by atoms with E-state index in [0.717, 1.165) is 11.1 Å². The van der Waals surface area contributed by atoms with Gasteiger partial charge in [-0.3, -0.25) is 9.78 Å². The number of anilines is 1. The summed E-state index contributed by atoms with van der Waals surface area (Å²) in [5.41, 5.74) is 8.38. The van der Waals surface area contributed by atoms with Gasteiger partial charge in [-0.1, -0.05) is 18.2 Å². The van der Waals surface area contributed by atoms with Crippen LogP contribution in [0.5, 0.6) is 0 Å². The van der Waals surface area contributed by atoms with Crippen LogP contribution in [0.4, 0.5) is 5.69 Å². The minimum Gasteiger partial charge on any atom is -0.398 e. The Morgan fingerprint density at radius 3 is 2.67 bits per heavy atom. The van der Waals surface area contributed by atoms with E-state index in [2.05, 4.69) is 11.2 Å². The molecule has 1 aromatic heterocycles. The van der Waals surface area contributed by atoms with Crippen molar-refractivity contribution in [3.05, 3.63) is 48.3 Å². The Morgan fingerprint density at radius 2 is 2.06 bits per heavy atom. The van der Waals surface area contributed by atoms with Crippen molar-refractivity contribution in [2.45, 2.75) is 0 Å². The van der Waals surface area contributed by atoms with E-state index in [9.17, 15) is 4.79 Å². The number of nitrogen functional groups attached to an aromatic ring is 1. The molecule has 1 radical (unpaired) electrons. The van der Waals surface area contributed by atoms with Crippen molar-refractivity contribution in [1.82, 2.24) is 9.88 Å². The lowest BCUT2D eigenvalue weighted by molar-refractivity contribution is 0.0829. The van der Waals surface area contributed by atoms with Gasteiger partial charge in [-0.2, -0.15) is 0 Å². The Labute approximate surface area is 106 Å². The maximum atomic E-state index is 12.2. The highest BCUT2D eigenvalue weighted by Gasteiger charge is 2.17. The average molecular weight is 240 g/mol. The van der Waals surface area contributed by atoms with Gasteiger partial charge < -0.3 is 10.6 Å². The number of carbonyl (C=O) groups excluding carboxylic acids is 1. The van der Waals surface area contributed by atoms with Crippen LogP contribution in [0.15, 0.2) is 36.5 Å². The molecule has 0 fully saturated rings. The molecule has 2 aromatic rings. The second-order valence-electron chi connectivity index (χ2n) is 4.13. The topological polar surface area (TPSA) is 59.2 Å². The molecular weight excluding hydrogens is 226 g/mol. The smallest absolute Gasteiger partial charge is 0.256 e. The number of aromatic nitrogens is 1. The molecule has 18 heavy (non-hydrogen) atoms. The lowest BCUT2D eigenvalue weighted by Gasteiger charge is -2.15. The molecule has 1 amide bonds. The van der Waals surface area contributed by atoms with E-state index in [-0.39, 0.29) is 5.91 Å². The maximum absolute atomic E-state index is 12.2. The maximum Gasteiger partial charge on any atom is 0.256 e. The molecule has 4 heteroatoms. The van der Waals surface area contributed by atoms with E-state index >= 15 is 0 Å². The fraction of sp³-hybridized carbons (Fsp3) is 0.143. The van der Waals surface area contributed by atoms with Crippen LogP contribution in [-0.4, -0.2) is 29.9 Å². The zero-order valence-electron chi connectivity index (χ0n) is 10.3. The summed E-state index contributed by atoms with van der Waals surface area (Å²) in [6.07, 6.45) is 4.51. The molecule has 2 rings (SSSR count). The molecule has 1 heterocycles. The quantitative estimate of drug-likeness (QED) is 0.815. The normalized spacial score (nSPS) is 10.1. The van der Waals surface area contributed by atoms with Gasteiger partial charge in [-0.15, -0.1) is 0 Å². The zero-order chi connectivity index (χ0) is 13.1. The Kier molecular flexibility index (Phi) is 3.28. The number of nitrogens with zero attached hydrogens (tertiary/aromatic N) is 2. The minimum absolute atomic E-state index is 0.125. The molecule has 0 atom stereocenters. The van der Waals surface area contributed by atoms with E-state index in [4.69, 9.17) is 5.73 Å². The number of pyridine rings is 1. The summed E-state index contributed by atoms with van der Waals surface area (Å²) in [7, 11) is 3.40. The molecule has 0 unspecified atom stereocenters. The van der Waals surface area contributed by atoms with Crippen LogP contribution in [0.2, 0.25) is 0 Å². The fourth-order valence-corrected chi connectivity index (χ4v) is 1.73. The van der Waals surface area contributed by atoms with Gasteiger partial charge in [0.1, 0.15) is 0 Å². The van der Waals surface area contributed by atoms with E-state index < -0.39 is 0 Å². The first-order valence-electron chi connectivity index (χ1n) is 5.54. The second kappa shape index (κ2) is 4.87. The molecule has 1 aromatic carbocycles. The van der Waals surface area contributed by atoms with Crippen LogP contribution in [0.1, 0.15) is 10.4 Å². The zero-order valence-corrected chi connectivity index (χ0v) is 10.3. The molecular formula is C14H14N3O. The number of amides is 1. The van der Waals surface area contributed by atoms with Crippen molar-refractivity contribution < 1.29 is 4.79 Å². The van der Waals surface area contributed by atoms with Crippen molar-refractivity contribution in [2.75, 3.05) is 19.8 Å². The molecule has 91 valence electrons. The number of hydrogen-bond acceptors (Lipinski definition) is 3. The molecule has 0 aliphatic rings. The number of nitrogens with two attached hydrogens (primary N) is 1. The summed E-state index contributed by atoms with van der Waals surface area (Å²) >= 11 is 0. The van der Waals surface area contributed by atoms with Crippen molar-refractivity contribution >= 4 is 11.6 Å². The van der Waals surface area contributed by atoms with Gasteiger partial charge in [-0.25, -0.2) is 0 Å². The monoisotopic (exact) mass is 240 g/mol. The molecule has 4 nitrogen and oxygen atoms in total.